The molecule has 2 rings (SSSR count). The van der Waals surface area contributed by atoms with Crippen LogP contribution in [-0.4, -0.2) is 12.6 Å². The molecule has 0 saturated carbocycles. The van der Waals surface area contributed by atoms with Crippen molar-refractivity contribution in [1.82, 2.24) is 0 Å². The van der Waals surface area contributed by atoms with Gasteiger partial charge in [-0.25, -0.2) is 0 Å². The van der Waals surface area contributed by atoms with Crippen molar-refractivity contribution in [2.45, 2.75) is 12.8 Å². The normalized spacial score (nSPS) is 10.6. The summed E-state index contributed by atoms with van der Waals surface area (Å²) in [6.45, 7) is 2.08. The van der Waals surface area contributed by atoms with E-state index in [2.05, 4.69) is 0 Å². The third-order valence-corrected chi connectivity index (χ3v) is 3.64. The van der Waals surface area contributed by atoms with E-state index in [1.54, 1.807) is 19.1 Å². The minimum atomic E-state index is -0.614. The number of hydrogen-bond acceptors (Lipinski definition) is 2. The fourth-order valence-corrected chi connectivity index (χ4v) is 2.56. The van der Waals surface area contributed by atoms with Crippen LogP contribution >= 0.6 is 23.2 Å². The van der Waals surface area contributed by atoms with Crippen molar-refractivity contribution < 1.29 is 9.53 Å². The van der Waals surface area contributed by atoms with Gasteiger partial charge in [0.25, 0.3) is 0 Å². The minimum Gasteiger partial charge on any atom is -0.465 e. The van der Waals surface area contributed by atoms with Gasteiger partial charge in [-0.1, -0.05) is 59.6 Å². The smallest absolute Gasteiger partial charge is 0.318 e. The van der Waals surface area contributed by atoms with Crippen LogP contribution in [-0.2, 0) is 9.53 Å². The molecule has 0 aliphatic carbocycles. The number of rotatable bonds is 4. The third kappa shape index (κ3) is 3.14. The summed E-state index contributed by atoms with van der Waals surface area (Å²) < 4.78 is 5.17. The summed E-state index contributed by atoms with van der Waals surface area (Å²) in [5.41, 5.74) is 1.39. The fourth-order valence-electron chi connectivity index (χ4n) is 2.07. The molecule has 0 atom stereocenters. The number of esters is 1. The monoisotopic (exact) mass is 308 g/mol. The summed E-state index contributed by atoms with van der Waals surface area (Å²) in [7, 11) is 0. The number of benzene rings is 2. The molecule has 0 aliphatic heterocycles. The number of carbonyl (C=O) groups excluding carboxylic acids is 1. The Morgan fingerprint density at radius 3 is 1.85 bits per heavy atom. The van der Waals surface area contributed by atoms with Gasteiger partial charge >= 0.3 is 5.97 Å². The van der Waals surface area contributed by atoms with E-state index in [0.29, 0.717) is 27.8 Å². The maximum absolute atomic E-state index is 12.3. The molecule has 20 heavy (non-hydrogen) atoms. The molecule has 0 spiro atoms. The molecule has 0 fully saturated rings. The first-order valence-corrected chi connectivity index (χ1v) is 7.06. The van der Waals surface area contributed by atoms with Crippen LogP contribution in [0.25, 0.3) is 0 Å². The second-order valence-corrected chi connectivity index (χ2v) is 5.04. The number of hydrogen-bond donors (Lipinski definition) is 0. The van der Waals surface area contributed by atoms with Gasteiger partial charge < -0.3 is 4.74 Å². The fraction of sp³-hybridized carbons (Fsp3) is 0.188. The Balaban J connectivity index is 2.54. The molecule has 0 aromatic heterocycles. The van der Waals surface area contributed by atoms with E-state index in [-0.39, 0.29) is 5.97 Å². The summed E-state index contributed by atoms with van der Waals surface area (Å²) in [6, 6.07) is 14.4. The Morgan fingerprint density at radius 2 is 1.45 bits per heavy atom. The Kier molecular flexibility index (Phi) is 5.05. The Hall–Kier alpha value is -1.51. The van der Waals surface area contributed by atoms with Crippen LogP contribution < -0.4 is 0 Å². The lowest BCUT2D eigenvalue weighted by molar-refractivity contribution is -0.143. The highest BCUT2D eigenvalue weighted by Crippen LogP contribution is 2.34. The van der Waals surface area contributed by atoms with Crippen LogP contribution in [0.4, 0.5) is 0 Å². The van der Waals surface area contributed by atoms with E-state index in [0.717, 1.165) is 0 Å². The first-order chi connectivity index (χ1) is 9.65. The highest BCUT2D eigenvalue weighted by atomic mass is 35.5. The predicted molar refractivity (Wildman–Crippen MR) is 81.4 cm³/mol. The van der Waals surface area contributed by atoms with Gasteiger partial charge in [-0.05, 0) is 30.2 Å². The van der Waals surface area contributed by atoms with Crippen LogP contribution in [0.1, 0.15) is 24.0 Å². The van der Waals surface area contributed by atoms with E-state index in [1.165, 1.54) is 0 Å². The minimum absolute atomic E-state index is 0.310. The Bertz CT molecular complexity index is 565. The van der Waals surface area contributed by atoms with Crippen LogP contribution in [0.5, 0.6) is 0 Å². The van der Waals surface area contributed by atoms with Crippen LogP contribution in [0, 0.1) is 0 Å². The lowest BCUT2D eigenvalue weighted by Crippen LogP contribution is -2.18. The second-order valence-electron chi connectivity index (χ2n) is 4.23. The highest BCUT2D eigenvalue weighted by Gasteiger charge is 2.27. The zero-order valence-electron chi connectivity index (χ0n) is 11.0. The zero-order chi connectivity index (χ0) is 14.5. The average Bonchev–Trinajstić information content (AvgIpc) is 2.43. The average molecular weight is 309 g/mol. The topological polar surface area (TPSA) is 26.3 Å². The number of ether oxygens (including phenoxy) is 1. The molecular formula is C16H14Cl2O2. The maximum atomic E-state index is 12.3. The van der Waals surface area contributed by atoms with Crippen molar-refractivity contribution in [1.29, 1.82) is 0 Å². The van der Waals surface area contributed by atoms with Crippen molar-refractivity contribution >= 4 is 29.2 Å². The van der Waals surface area contributed by atoms with Crippen molar-refractivity contribution in [3.63, 3.8) is 0 Å². The van der Waals surface area contributed by atoms with Gasteiger partial charge in [0.05, 0.1) is 6.61 Å². The molecule has 0 radical (unpaired) electrons. The first-order valence-electron chi connectivity index (χ1n) is 6.30. The molecule has 0 bridgehead atoms. The number of halogens is 2. The molecular weight excluding hydrogens is 295 g/mol. The second kappa shape index (κ2) is 6.78. The summed E-state index contributed by atoms with van der Waals surface area (Å²) >= 11 is 12.4. The molecule has 104 valence electrons. The van der Waals surface area contributed by atoms with Gasteiger partial charge in [0.1, 0.15) is 5.92 Å². The van der Waals surface area contributed by atoms with Gasteiger partial charge in [0.2, 0.25) is 0 Å². The lowest BCUT2D eigenvalue weighted by Gasteiger charge is -2.18. The Labute approximate surface area is 128 Å². The van der Waals surface area contributed by atoms with Crippen molar-refractivity contribution in [3.05, 3.63) is 69.7 Å². The van der Waals surface area contributed by atoms with E-state index in [4.69, 9.17) is 27.9 Å². The SMILES string of the molecule is CCOC(=O)C(c1ccccc1Cl)c1ccccc1Cl. The maximum Gasteiger partial charge on any atom is 0.318 e. The largest absolute Gasteiger partial charge is 0.465 e. The molecule has 2 nitrogen and oxygen atoms in total. The molecule has 0 heterocycles. The zero-order valence-corrected chi connectivity index (χ0v) is 12.5. The van der Waals surface area contributed by atoms with Crippen LogP contribution in [0.2, 0.25) is 10.0 Å². The standard InChI is InChI=1S/C16H14Cl2O2/c1-2-20-16(19)15(11-7-3-5-9-13(11)17)12-8-4-6-10-14(12)18/h3-10,15H,2H2,1H3. The predicted octanol–water partition coefficient (Wildman–Crippen LogP) is 4.69. The molecule has 0 saturated heterocycles. The lowest BCUT2D eigenvalue weighted by atomic mass is 9.91. The molecule has 2 aromatic rings. The molecule has 0 N–H and O–H groups in total. The summed E-state index contributed by atoms with van der Waals surface area (Å²) in [6.07, 6.45) is 0. The van der Waals surface area contributed by atoms with Crippen molar-refractivity contribution in [2.24, 2.45) is 0 Å². The van der Waals surface area contributed by atoms with E-state index in [1.807, 2.05) is 36.4 Å². The van der Waals surface area contributed by atoms with Gasteiger partial charge in [-0.2, -0.15) is 0 Å². The van der Waals surface area contributed by atoms with E-state index in [9.17, 15) is 4.79 Å². The first kappa shape index (κ1) is 14.9. The van der Waals surface area contributed by atoms with Crippen molar-refractivity contribution in [2.75, 3.05) is 6.61 Å². The third-order valence-electron chi connectivity index (χ3n) is 2.95. The molecule has 4 heteroatoms. The van der Waals surface area contributed by atoms with Gasteiger partial charge in [-0.15, -0.1) is 0 Å². The van der Waals surface area contributed by atoms with Crippen LogP contribution in [0.15, 0.2) is 48.5 Å². The van der Waals surface area contributed by atoms with E-state index < -0.39 is 5.92 Å². The summed E-state index contributed by atoms with van der Waals surface area (Å²) in [5.74, 6) is -0.967. The van der Waals surface area contributed by atoms with Gasteiger partial charge in [0.15, 0.2) is 0 Å². The summed E-state index contributed by atoms with van der Waals surface area (Å²) in [5, 5.41) is 1.04. The van der Waals surface area contributed by atoms with Crippen molar-refractivity contribution in [3.8, 4) is 0 Å². The quantitative estimate of drug-likeness (QED) is 0.766. The van der Waals surface area contributed by atoms with Gasteiger partial charge in [-0.3, -0.25) is 4.79 Å². The van der Waals surface area contributed by atoms with Crippen LogP contribution in [0.3, 0.4) is 0 Å². The molecule has 0 amide bonds. The number of carbonyl (C=O) groups is 1. The highest BCUT2D eigenvalue weighted by molar-refractivity contribution is 6.32. The summed E-state index contributed by atoms with van der Waals surface area (Å²) in [4.78, 5) is 12.3. The molecule has 0 aliphatic rings. The molecule has 0 unspecified atom stereocenters. The van der Waals surface area contributed by atoms with E-state index >= 15 is 0 Å². The Morgan fingerprint density at radius 1 is 1.00 bits per heavy atom. The van der Waals surface area contributed by atoms with Gasteiger partial charge in [0, 0.05) is 10.0 Å². The molecule has 2 aromatic carbocycles.